The van der Waals surface area contributed by atoms with Crippen LogP contribution in [0.5, 0.6) is 0 Å². The highest BCUT2D eigenvalue weighted by molar-refractivity contribution is 5.80. The molecule has 0 aromatic heterocycles. The van der Waals surface area contributed by atoms with Crippen LogP contribution in [0.4, 0.5) is 0 Å². The molecule has 14 saturated heterocycles. The fourth-order valence-electron chi connectivity index (χ4n) is 18.5. The van der Waals surface area contributed by atoms with E-state index in [2.05, 4.69) is 0 Å². The summed E-state index contributed by atoms with van der Waals surface area (Å²) in [5, 5.41) is 0. The molecule has 0 aromatic rings. The molecule has 22 rings (SSSR count). The van der Waals surface area contributed by atoms with E-state index in [1.807, 2.05) is 138 Å². The molecular formula is C83H146O21. The van der Waals surface area contributed by atoms with E-state index in [1.54, 1.807) is 0 Å². The topological polar surface area (TPSA) is 257 Å². The predicted molar refractivity (Wildman–Crippen MR) is 399 cm³/mol. The van der Waals surface area contributed by atoms with Crippen LogP contribution in [0.2, 0.25) is 0 Å². The van der Waals surface area contributed by atoms with Gasteiger partial charge in [0.2, 0.25) is 0 Å². The molecule has 8 saturated carbocycles. The summed E-state index contributed by atoms with van der Waals surface area (Å²) in [6.45, 7) is 43.8. The van der Waals surface area contributed by atoms with Crippen molar-refractivity contribution in [1.29, 1.82) is 0 Å². The number of cyclic esters (lactones) is 3. The molecule has 14 heterocycles. The first-order valence-corrected chi connectivity index (χ1v) is 42.4. The first-order chi connectivity index (χ1) is 50.7. The number of ether oxygens (including phenoxy) is 13. The van der Waals surface area contributed by atoms with Crippen LogP contribution in [0.15, 0.2) is 0 Å². The van der Waals surface area contributed by atoms with Crippen molar-refractivity contribution in [3.8, 4) is 0 Å². The summed E-state index contributed by atoms with van der Waals surface area (Å²) in [5.41, 5.74) is -0.0266. The van der Waals surface area contributed by atoms with Gasteiger partial charge in [-0.1, -0.05) is 171 Å². The summed E-state index contributed by atoms with van der Waals surface area (Å²) in [7, 11) is 0. The van der Waals surface area contributed by atoms with E-state index >= 15 is 0 Å². The first kappa shape index (κ1) is 93.8. The summed E-state index contributed by atoms with van der Waals surface area (Å²) in [6, 6.07) is 0. The Bertz CT molecular complexity index is 2410. The monoisotopic (exact) mass is 1480 g/mol. The normalized spacial score (nSPS) is 37.0. The van der Waals surface area contributed by atoms with Crippen molar-refractivity contribution in [3.63, 3.8) is 0 Å². The van der Waals surface area contributed by atoms with Gasteiger partial charge < -0.3 is 61.6 Å². The Morgan fingerprint density at radius 2 is 0.913 bits per heavy atom. The van der Waals surface area contributed by atoms with E-state index in [-0.39, 0.29) is 132 Å². The van der Waals surface area contributed by atoms with Gasteiger partial charge in [0.15, 0.2) is 25.3 Å². The molecule has 0 radical (unpaired) electrons. The lowest BCUT2D eigenvalue weighted by molar-refractivity contribution is -0.169. The largest absolute Gasteiger partial charge is 0.465 e. The number of rotatable bonds is 0. The van der Waals surface area contributed by atoms with Crippen LogP contribution in [0.25, 0.3) is 0 Å². The summed E-state index contributed by atoms with van der Waals surface area (Å²) >= 11 is 0. The lowest BCUT2D eigenvalue weighted by atomic mass is 9.68. The zero-order valence-electron chi connectivity index (χ0n) is 68.5. The number of esters is 8. The summed E-state index contributed by atoms with van der Waals surface area (Å²) in [5.74, 6) is 6.04. The lowest BCUT2D eigenvalue weighted by Gasteiger charge is -2.35. The van der Waals surface area contributed by atoms with Crippen molar-refractivity contribution in [3.05, 3.63) is 0 Å². The Labute approximate surface area is 627 Å². The molecule has 0 N–H and O–H groups in total. The minimum absolute atomic E-state index is 0.00289. The van der Waals surface area contributed by atoms with Gasteiger partial charge in [0.25, 0.3) is 0 Å². The SMILES string of the molecule is CC.CC.CC.CC.CC.CC.CC.CC.CC.CC.O=C1CC2OC3OCOC3C2O1.O=C1CC2OCCC2O1.O=C1CC2OCCC2O1.O=C1OC2CC3CC(C2)CC1C3.O=C1OC2CC3CC2CC13.O=C1OCC2CCCC12.O=C1OCCC12CC1CCC2C1.O=C1OCCC12CCCCC2. The third-order valence-electron chi connectivity index (χ3n) is 22.7. The second-order valence-electron chi connectivity index (χ2n) is 27.7. The molecule has 104 heavy (non-hydrogen) atoms. The summed E-state index contributed by atoms with van der Waals surface area (Å²) < 4.78 is 66.6. The third kappa shape index (κ3) is 24.5. The smallest absolute Gasteiger partial charge is 0.312 e. The maximum absolute atomic E-state index is 11.6. The van der Waals surface area contributed by atoms with Crippen LogP contribution in [-0.2, 0) is 99.9 Å². The van der Waals surface area contributed by atoms with Gasteiger partial charge in [-0.2, -0.15) is 0 Å². The molecule has 8 aliphatic carbocycles. The van der Waals surface area contributed by atoms with Gasteiger partial charge in [-0.05, 0) is 145 Å². The van der Waals surface area contributed by atoms with Crippen molar-refractivity contribution in [1.82, 2.24) is 0 Å². The van der Waals surface area contributed by atoms with Gasteiger partial charge in [-0.3, -0.25) is 38.4 Å². The quantitative estimate of drug-likeness (QED) is 0.161. The highest BCUT2D eigenvalue weighted by Crippen LogP contribution is 2.60. The van der Waals surface area contributed by atoms with Gasteiger partial charge in [0.1, 0.15) is 42.7 Å². The van der Waals surface area contributed by atoms with Crippen LogP contribution in [-0.4, -0.2) is 149 Å². The molecule has 19 unspecified atom stereocenters. The predicted octanol–water partition coefficient (Wildman–Crippen LogP) is 17.1. The maximum Gasteiger partial charge on any atom is 0.312 e. The van der Waals surface area contributed by atoms with E-state index in [4.69, 9.17) is 61.6 Å². The van der Waals surface area contributed by atoms with Crippen molar-refractivity contribution < 1.29 is 99.9 Å². The molecule has 22 fully saturated rings. The number of carbonyl (C=O) groups excluding carboxylic acids is 8. The number of carbonyl (C=O) groups is 8. The summed E-state index contributed by atoms with van der Waals surface area (Å²) in [4.78, 5) is 88.2. The number of hydrogen-bond donors (Lipinski definition) is 0. The Balaban J connectivity index is 0.000000299. The van der Waals surface area contributed by atoms with Gasteiger partial charge >= 0.3 is 47.8 Å². The molecule has 0 aromatic carbocycles. The summed E-state index contributed by atoms with van der Waals surface area (Å²) in [6.07, 6.45) is 28.9. The number of fused-ring (bicyclic) bond motifs is 11. The van der Waals surface area contributed by atoms with Gasteiger partial charge in [0.05, 0.1) is 80.9 Å². The van der Waals surface area contributed by atoms with Crippen LogP contribution >= 0.6 is 0 Å². The van der Waals surface area contributed by atoms with Crippen LogP contribution in [0, 0.1) is 70.0 Å². The lowest BCUT2D eigenvalue weighted by Crippen LogP contribution is -2.39. The fraction of sp³-hybridized carbons (Fsp3) is 0.904. The van der Waals surface area contributed by atoms with Crippen molar-refractivity contribution in [2.75, 3.05) is 39.8 Å². The zero-order valence-corrected chi connectivity index (χ0v) is 68.5. The minimum atomic E-state index is -0.326. The van der Waals surface area contributed by atoms with Crippen molar-refractivity contribution in [2.24, 2.45) is 70.0 Å². The van der Waals surface area contributed by atoms with Crippen LogP contribution < -0.4 is 0 Å². The molecule has 21 nitrogen and oxygen atoms in total. The van der Waals surface area contributed by atoms with Gasteiger partial charge in [-0.15, -0.1) is 0 Å². The molecule has 21 heteroatoms. The zero-order chi connectivity index (χ0) is 77.7. The molecule has 14 aliphatic heterocycles. The van der Waals surface area contributed by atoms with E-state index in [9.17, 15) is 38.4 Å². The fourth-order valence-corrected chi connectivity index (χ4v) is 18.5. The Kier molecular flexibility index (Phi) is 44.7. The average Bonchev–Trinajstić information content (AvgIpc) is 1.58. The van der Waals surface area contributed by atoms with Gasteiger partial charge in [-0.25, -0.2) is 0 Å². The molecule has 604 valence electrons. The Morgan fingerprint density at radius 3 is 1.39 bits per heavy atom. The van der Waals surface area contributed by atoms with E-state index in [0.29, 0.717) is 68.9 Å². The first-order valence-electron chi connectivity index (χ1n) is 42.4. The molecule has 10 bridgehead atoms. The van der Waals surface area contributed by atoms with E-state index in [1.165, 1.54) is 70.6 Å². The highest BCUT2D eigenvalue weighted by Gasteiger charge is 2.59. The standard InChI is InChI=1S/2C10H14O2.C9H14O2.C8H10O2.C7H8O5.C7H10O2.2C6H8O3.10C2H6/c11-10-8-2-6-1-7(3-8)5-9(4-6)12-10;11-9-10(3-4-12-9)6-7-1-2-8(10)5-7;10-8-9(6-7-11-8)4-2-1-3-5-9;9-8-6-2-5-1-4(6)3-7(5)10-8;8-4-1-3-5(12-4)6-7(11-3)10-2-9-6;8-7-6-3-1-2-5(6)4-9-7;2*7-6-3-5-4(9-6)1-2-8-5;10*1-2/h6-9H,1-5H2;7-8H,1-6H2;1-7H2;4-7H,1-3H2;3,5-7H,1-2H2;5-6H,1-4H2;2*4-5H,1-3H2;10*1-2H3. The third-order valence-corrected chi connectivity index (χ3v) is 22.7. The van der Waals surface area contributed by atoms with Gasteiger partial charge in [0, 0.05) is 18.8 Å². The molecule has 0 amide bonds. The second kappa shape index (κ2) is 49.6. The van der Waals surface area contributed by atoms with E-state index < -0.39 is 0 Å². The van der Waals surface area contributed by atoms with E-state index in [0.717, 1.165) is 120 Å². The maximum atomic E-state index is 11.6. The molecule has 2 spiro atoms. The molecule has 19 atom stereocenters. The Morgan fingerprint density at radius 1 is 0.346 bits per heavy atom. The highest BCUT2D eigenvalue weighted by atomic mass is 16.8. The minimum Gasteiger partial charge on any atom is -0.465 e. The Hall–Kier alpha value is -4.44. The number of hydrogen-bond acceptors (Lipinski definition) is 21. The van der Waals surface area contributed by atoms with Crippen molar-refractivity contribution in [2.45, 2.75) is 373 Å². The molecule has 22 aliphatic rings. The van der Waals surface area contributed by atoms with Crippen LogP contribution in [0.1, 0.15) is 312 Å². The van der Waals surface area contributed by atoms with Crippen molar-refractivity contribution >= 4 is 47.8 Å². The molecular weight excluding hydrogens is 1330 g/mol. The van der Waals surface area contributed by atoms with Crippen LogP contribution in [0.3, 0.4) is 0 Å². The second-order valence-corrected chi connectivity index (χ2v) is 27.7. The average molecular weight is 1480 g/mol.